The Kier molecular flexibility index (Phi) is 10.9. The Morgan fingerprint density at radius 3 is 1.19 bits per heavy atom. The average molecular weight is 731 g/mol. The molecule has 0 radical (unpaired) electrons. The van der Waals surface area contributed by atoms with E-state index >= 15 is 0 Å². The number of alkyl halides is 1. The van der Waals surface area contributed by atoms with Gasteiger partial charge in [-0.3, -0.25) is 0 Å². The van der Waals surface area contributed by atoms with Crippen LogP contribution >= 0.6 is 15.9 Å². The Labute approximate surface area is 278 Å². The lowest BCUT2D eigenvalue weighted by molar-refractivity contribution is -0.205. The van der Waals surface area contributed by atoms with E-state index in [1.54, 1.807) is 0 Å². The Morgan fingerprint density at radius 2 is 0.812 bits per heavy atom. The molecule has 1 aliphatic heterocycles. The Balaban J connectivity index is 1.49. The van der Waals surface area contributed by atoms with E-state index in [-0.39, 0.29) is 22.3 Å². The maximum Gasteiger partial charge on any atom is 0.338 e. The number of esters is 4. The van der Waals surface area contributed by atoms with E-state index in [9.17, 15) is 36.7 Å². The molecule has 1 aliphatic rings. The van der Waals surface area contributed by atoms with Crippen molar-refractivity contribution >= 4 is 39.8 Å². The second-order valence-electron chi connectivity index (χ2n) is 10.3. The molecule has 1 saturated heterocycles. The topological polar surface area (TPSA) is 114 Å². The summed E-state index contributed by atoms with van der Waals surface area (Å²) in [6, 6.07) is 17.3. The molecule has 0 N–H and O–H groups in total. The average Bonchev–Trinajstić information content (AvgIpc) is 3.07. The predicted octanol–water partition coefficient (Wildman–Crippen LogP) is 6.20. The molecule has 14 heteroatoms. The summed E-state index contributed by atoms with van der Waals surface area (Å²) in [6.45, 7) is -0.622. The van der Waals surface area contributed by atoms with Gasteiger partial charge in [0.05, 0.1) is 22.3 Å². The number of hydrogen-bond donors (Lipinski definition) is 0. The van der Waals surface area contributed by atoms with Crippen LogP contribution in [0.4, 0.5) is 17.6 Å². The molecular formula is C34H23BrF4O9. The zero-order chi connectivity index (χ0) is 34.4. The summed E-state index contributed by atoms with van der Waals surface area (Å²) in [5.74, 6) is -6.49. The lowest BCUT2D eigenvalue weighted by Gasteiger charge is -2.43. The zero-order valence-corrected chi connectivity index (χ0v) is 26.0. The van der Waals surface area contributed by atoms with Crippen LogP contribution in [-0.2, 0) is 23.7 Å². The summed E-state index contributed by atoms with van der Waals surface area (Å²) in [5, 5.41) is -1.29. The molecule has 0 aliphatic carbocycles. The minimum atomic E-state index is -1.68. The van der Waals surface area contributed by atoms with Crippen molar-refractivity contribution in [1.29, 1.82) is 0 Å². The molecule has 0 amide bonds. The lowest BCUT2D eigenvalue weighted by atomic mass is 9.99. The SMILES string of the molecule is O=C(OC[C@H]1O[C@H](Br)[C@H](OC(=O)c2ccc(F)cc2)[C@@H](OC(=O)c2ccc(F)cc2)[C@@H]1OC(=O)c1ccc(F)cc1)c1ccc(F)cc1. The van der Waals surface area contributed by atoms with Gasteiger partial charge in [0.1, 0.15) is 36.0 Å². The van der Waals surface area contributed by atoms with Crippen LogP contribution in [0, 0.1) is 23.3 Å². The van der Waals surface area contributed by atoms with E-state index in [1.807, 2.05) is 0 Å². The highest BCUT2D eigenvalue weighted by Gasteiger charge is 2.52. The van der Waals surface area contributed by atoms with Crippen molar-refractivity contribution in [3.05, 3.63) is 143 Å². The minimum absolute atomic E-state index is 0.0205. The van der Waals surface area contributed by atoms with Gasteiger partial charge in [-0.05, 0) is 97.1 Å². The van der Waals surface area contributed by atoms with Crippen LogP contribution in [0.5, 0.6) is 0 Å². The van der Waals surface area contributed by atoms with Gasteiger partial charge in [0.15, 0.2) is 23.3 Å². The molecule has 48 heavy (non-hydrogen) atoms. The first-order valence-corrected chi connectivity index (χ1v) is 15.0. The normalized spacial score (nSPS) is 20.3. The number of halogens is 5. The molecule has 0 unspecified atom stereocenters. The summed E-state index contributed by atoms with van der Waals surface area (Å²) in [5.41, 5.74) is -0.355. The van der Waals surface area contributed by atoms with Gasteiger partial charge in [-0.25, -0.2) is 36.7 Å². The van der Waals surface area contributed by atoms with Crippen molar-refractivity contribution in [3.8, 4) is 0 Å². The van der Waals surface area contributed by atoms with Gasteiger partial charge in [0.2, 0.25) is 0 Å². The third-order valence-corrected chi connectivity index (χ3v) is 7.74. The lowest BCUT2D eigenvalue weighted by Crippen LogP contribution is -2.61. The summed E-state index contributed by atoms with van der Waals surface area (Å²) in [4.78, 5) is 52.5. The second kappa shape index (κ2) is 15.2. The van der Waals surface area contributed by atoms with Gasteiger partial charge in [-0.1, -0.05) is 15.9 Å². The summed E-state index contributed by atoms with van der Waals surface area (Å²) in [6.07, 6.45) is -6.28. The number of rotatable bonds is 9. The standard InChI is InChI=1S/C34H23BrF4O9/c35-30-29(48-34(43)21-7-15-25(39)16-8-21)28(47-33(42)20-5-13-24(38)14-6-20)27(46-32(41)19-3-11-23(37)12-4-19)26(45-30)17-44-31(40)18-1-9-22(36)10-2-18/h1-16,26-30H,17H2/t26-,27-,28+,29-,30+/m1/s1. The molecule has 0 spiro atoms. The fourth-order valence-corrected chi connectivity index (χ4v) is 5.25. The molecule has 4 aromatic carbocycles. The van der Waals surface area contributed by atoms with Crippen molar-refractivity contribution < 1.29 is 60.4 Å². The van der Waals surface area contributed by atoms with E-state index < -0.39 is 83.2 Å². The monoisotopic (exact) mass is 730 g/mol. The van der Waals surface area contributed by atoms with E-state index in [1.165, 1.54) is 12.1 Å². The van der Waals surface area contributed by atoms with Crippen LogP contribution in [0.2, 0.25) is 0 Å². The molecule has 0 saturated carbocycles. The van der Waals surface area contributed by atoms with E-state index in [4.69, 9.17) is 23.7 Å². The molecule has 5 atom stereocenters. The molecular weight excluding hydrogens is 708 g/mol. The molecule has 1 heterocycles. The predicted molar refractivity (Wildman–Crippen MR) is 161 cm³/mol. The maximum atomic E-state index is 13.6. The van der Waals surface area contributed by atoms with Crippen molar-refractivity contribution in [2.75, 3.05) is 6.61 Å². The minimum Gasteiger partial charge on any atom is -0.459 e. The van der Waals surface area contributed by atoms with Crippen molar-refractivity contribution in [3.63, 3.8) is 0 Å². The number of carbonyl (C=O) groups is 4. The van der Waals surface area contributed by atoms with Crippen molar-refractivity contribution in [2.24, 2.45) is 0 Å². The van der Waals surface area contributed by atoms with Crippen LogP contribution in [0.25, 0.3) is 0 Å². The van der Waals surface area contributed by atoms with Crippen LogP contribution in [0.3, 0.4) is 0 Å². The Hall–Kier alpha value is -5.08. The van der Waals surface area contributed by atoms with Gasteiger partial charge in [-0.2, -0.15) is 0 Å². The van der Waals surface area contributed by atoms with Crippen LogP contribution in [0.1, 0.15) is 41.4 Å². The molecule has 0 bridgehead atoms. The first-order chi connectivity index (χ1) is 23.0. The summed E-state index contributed by atoms with van der Waals surface area (Å²) >= 11 is 3.25. The van der Waals surface area contributed by atoms with Gasteiger partial charge >= 0.3 is 23.9 Å². The summed E-state index contributed by atoms with van der Waals surface area (Å²) in [7, 11) is 0. The molecule has 248 valence electrons. The molecule has 5 rings (SSSR count). The molecule has 1 fully saturated rings. The highest BCUT2D eigenvalue weighted by atomic mass is 79.9. The van der Waals surface area contributed by atoms with Gasteiger partial charge in [-0.15, -0.1) is 0 Å². The zero-order valence-electron chi connectivity index (χ0n) is 24.4. The largest absolute Gasteiger partial charge is 0.459 e. The van der Waals surface area contributed by atoms with Crippen LogP contribution in [0.15, 0.2) is 97.1 Å². The fourth-order valence-electron chi connectivity index (χ4n) is 4.56. The van der Waals surface area contributed by atoms with Crippen molar-refractivity contribution in [1.82, 2.24) is 0 Å². The third kappa shape index (κ3) is 8.44. The second-order valence-corrected chi connectivity index (χ2v) is 11.2. The fraction of sp³-hybridized carbons (Fsp3) is 0.176. The number of hydrogen-bond acceptors (Lipinski definition) is 9. The van der Waals surface area contributed by atoms with Gasteiger partial charge in [0, 0.05) is 0 Å². The highest BCUT2D eigenvalue weighted by Crippen LogP contribution is 2.33. The third-order valence-electron chi connectivity index (χ3n) is 7.00. The van der Waals surface area contributed by atoms with E-state index in [0.29, 0.717) is 0 Å². The van der Waals surface area contributed by atoms with E-state index in [0.717, 1.165) is 84.9 Å². The van der Waals surface area contributed by atoms with Gasteiger partial charge in [0.25, 0.3) is 0 Å². The van der Waals surface area contributed by atoms with Crippen molar-refractivity contribution in [2.45, 2.75) is 29.4 Å². The van der Waals surface area contributed by atoms with Crippen LogP contribution < -0.4 is 0 Å². The summed E-state index contributed by atoms with van der Waals surface area (Å²) < 4.78 is 82.4. The quantitative estimate of drug-likeness (QED) is 0.0860. The number of benzene rings is 4. The molecule has 0 aromatic heterocycles. The smallest absolute Gasteiger partial charge is 0.338 e. The van der Waals surface area contributed by atoms with Gasteiger partial charge < -0.3 is 23.7 Å². The number of carbonyl (C=O) groups excluding carboxylic acids is 4. The first kappa shape index (κ1) is 34.3. The Bertz CT molecular complexity index is 1770. The Morgan fingerprint density at radius 1 is 0.500 bits per heavy atom. The first-order valence-electron chi connectivity index (χ1n) is 14.1. The number of ether oxygens (including phenoxy) is 5. The molecule has 4 aromatic rings. The van der Waals surface area contributed by atoms with E-state index in [2.05, 4.69) is 15.9 Å². The maximum absolute atomic E-state index is 13.6. The van der Waals surface area contributed by atoms with Crippen LogP contribution in [-0.4, -0.2) is 59.9 Å². The molecule has 9 nitrogen and oxygen atoms in total. The highest BCUT2D eigenvalue weighted by molar-refractivity contribution is 9.09.